The maximum Gasteiger partial charge on any atom is 0.142 e. The Morgan fingerprint density at radius 3 is 2.82 bits per heavy atom. The first kappa shape index (κ1) is 14.9. The van der Waals surface area contributed by atoms with Crippen molar-refractivity contribution in [2.24, 2.45) is 0 Å². The van der Waals surface area contributed by atoms with Gasteiger partial charge in [-0.15, -0.1) is 0 Å². The standard InChI is InChI=1S/C18H23N3O/c1-21(12-8-14-5-9-19-10-6-14)18-16-13-20-11-7-15(16)3-4-17(18)22-2/h3-6,9-10,20H,7-8,11-13H2,1-2H3. The molecule has 0 fully saturated rings. The van der Waals surface area contributed by atoms with E-state index in [-0.39, 0.29) is 0 Å². The number of pyridine rings is 1. The molecule has 4 nitrogen and oxygen atoms in total. The quantitative estimate of drug-likeness (QED) is 0.919. The van der Waals surface area contributed by atoms with Crippen LogP contribution in [0.15, 0.2) is 36.7 Å². The minimum atomic E-state index is 0.918. The highest BCUT2D eigenvalue weighted by Gasteiger charge is 2.19. The van der Waals surface area contributed by atoms with Crippen molar-refractivity contribution in [2.75, 3.05) is 32.1 Å². The van der Waals surface area contributed by atoms with Gasteiger partial charge in [0, 0.05) is 32.5 Å². The maximum absolute atomic E-state index is 5.61. The number of nitrogens with zero attached hydrogens (tertiary/aromatic N) is 2. The first-order valence-electron chi connectivity index (χ1n) is 7.79. The third-order valence-corrected chi connectivity index (χ3v) is 4.30. The molecular weight excluding hydrogens is 274 g/mol. The Kier molecular flexibility index (Phi) is 4.59. The summed E-state index contributed by atoms with van der Waals surface area (Å²) in [5.74, 6) is 0.958. The van der Waals surface area contributed by atoms with E-state index in [4.69, 9.17) is 4.74 Å². The smallest absolute Gasteiger partial charge is 0.142 e. The van der Waals surface area contributed by atoms with Crippen molar-refractivity contribution < 1.29 is 4.74 Å². The van der Waals surface area contributed by atoms with Gasteiger partial charge in [0.25, 0.3) is 0 Å². The van der Waals surface area contributed by atoms with E-state index >= 15 is 0 Å². The molecule has 2 heterocycles. The fraction of sp³-hybridized carbons (Fsp3) is 0.389. The van der Waals surface area contributed by atoms with Crippen LogP contribution >= 0.6 is 0 Å². The zero-order chi connectivity index (χ0) is 15.4. The molecule has 22 heavy (non-hydrogen) atoms. The molecule has 4 heteroatoms. The molecule has 1 aliphatic rings. The van der Waals surface area contributed by atoms with E-state index in [1.54, 1.807) is 7.11 Å². The Morgan fingerprint density at radius 1 is 1.23 bits per heavy atom. The predicted octanol–water partition coefficient (Wildman–Crippen LogP) is 2.41. The van der Waals surface area contributed by atoms with Gasteiger partial charge >= 0.3 is 0 Å². The Labute approximate surface area is 132 Å². The second-order valence-electron chi connectivity index (χ2n) is 5.71. The van der Waals surface area contributed by atoms with Crippen LogP contribution in [0.5, 0.6) is 5.75 Å². The van der Waals surface area contributed by atoms with Gasteiger partial charge in [-0.25, -0.2) is 0 Å². The van der Waals surface area contributed by atoms with Gasteiger partial charge in [0.05, 0.1) is 12.8 Å². The number of hydrogen-bond donors (Lipinski definition) is 1. The lowest BCUT2D eigenvalue weighted by atomic mass is 9.98. The highest BCUT2D eigenvalue weighted by Crippen LogP contribution is 2.35. The number of anilines is 1. The van der Waals surface area contributed by atoms with Gasteiger partial charge in [0.1, 0.15) is 5.75 Å². The molecule has 1 aliphatic heterocycles. The van der Waals surface area contributed by atoms with Crippen molar-refractivity contribution in [3.05, 3.63) is 53.3 Å². The van der Waals surface area contributed by atoms with Gasteiger partial charge in [-0.2, -0.15) is 0 Å². The number of hydrogen-bond acceptors (Lipinski definition) is 4. The van der Waals surface area contributed by atoms with E-state index in [0.29, 0.717) is 0 Å². The van der Waals surface area contributed by atoms with Crippen LogP contribution in [0.2, 0.25) is 0 Å². The summed E-state index contributed by atoms with van der Waals surface area (Å²) in [7, 11) is 3.89. The van der Waals surface area contributed by atoms with Gasteiger partial charge in [-0.1, -0.05) is 6.07 Å². The van der Waals surface area contributed by atoms with Crippen LogP contribution in [0, 0.1) is 0 Å². The molecular formula is C18H23N3O. The fourth-order valence-corrected chi connectivity index (χ4v) is 3.07. The maximum atomic E-state index is 5.61. The average molecular weight is 297 g/mol. The monoisotopic (exact) mass is 297 g/mol. The first-order valence-corrected chi connectivity index (χ1v) is 7.79. The summed E-state index contributed by atoms with van der Waals surface area (Å²) in [4.78, 5) is 6.38. The van der Waals surface area contributed by atoms with Crippen LogP contribution in [-0.2, 0) is 19.4 Å². The molecule has 116 valence electrons. The van der Waals surface area contributed by atoms with Crippen LogP contribution in [0.25, 0.3) is 0 Å². The Balaban J connectivity index is 1.83. The molecule has 1 aromatic heterocycles. The lowest BCUT2D eigenvalue weighted by Gasteiger charge is -2.29. The first-order chi connectivity index (χ1) is 10.8. The minimum absolute atomic E-state index is 0.918. The summed E-state index contributed by atoms with van der Waals surface area (Å²) in [6.45, 7) is 2.93. The van der Waals surface area contributed by atoms with Crippen molar-refractivity contribution in [3.63, 3.8) is 0 Å². The normalized spacial score (nSPS) is 13.5. The topological polar surface area (TPSA) is 37.4 Å². The minimum Gasteiger partial charge on any atom is -0.495 e. The van der Waals surface area contributed by atoms with Gasteiger partial charge in [0.2, 0.25) is 0 Å². The lowest BCUT2D eigenvalue weighted by Crippen LogP contribution is -2.28. The van der Waals surface area contributed by atoms with Crippen LogP contribution in [0.4, 0.5) is 5.69 Å². The molecule has 1 aromatic carbocycles. The van der Waals surface area contributed by atoms with E-state index in [2.05, 4.69) is 46.5 Å². The van der Waals surface area contributed by atoms with Crippen molar-refractivity contribution in [2.45, 2.75) is 19.4 Å². The summed E-state index contributed by atoms with van der Waals surface area (Å²) >= 11 is 0. The van der Waals surface area contributed by atoms with Crippen LogP contribution < -0.4 is 15.0 Å². The van der Waals surface area contributed by atoms with Crippen LogP contribution in [0.3, 0.4) is 0 Å². The van der Waals surface area contributed by atoms with Crippen molar-refractivity contribution >= 4 is 5.69 Å². The number of fused-ring (bicyclic) bond motifs is 1. The van der Waals surface area contributed by atoms with E-state index in [1.165, 1.54) is 22.4 Å². The molecule has 0 amide bonds. The highest BCUT2D eigenvalue weighted by molar-refractivity contribution is 5.66. The Morgan fingerprint density at radius 2 is 2.05 bits per heavy atom. The number of benzene rings is 1. The molecule has 3 rings (SSSR count). The van der Waals surface area contributed by atoms with E-state index < -0.39 is 0 Å². The molecule has 0 saturated heterocycles. The fourth-order valence-electron chi connectivity index (χ4n) is 3.07. The van der Waals surface area contributed by atoms with Crippen molar-refractivity contribution in [1.29, 1.82) is 0 Å². The Bertz CT molecular complexity index is 628. The number of methoxy groups -OCH3 is 1. The largest absolute Gasteiger partial charge is 0.495 e. The van der Waals surface area contributed by atoms with E-state index in [9.17, 15) is 0 Å². The molecule has 0 radical (unpaired) electrons. The zero-order valence-corrected chi connectivity index (χ0v) is 13.3. The molecule has 0 spiro atoms. The zero-order valence-electron chi connectivity index (χ0n) is 13.3. The summed E-state index contributed by atoms with van der Waals surface area (Å²) < 4.78 is 5.61. The second-order valence-corrected chi connectivity index (χ2v) is 5.71. The van der Waals surface area contributed by atoms with Gasteiger partial charge in [-0.3, -0.25) is 4.98 Å². The number of rotatable bonds is 5. The van der Waals surface area contributed by atoms with Crippen LogP contribution in [0.1, 0.15) is 16.7 Å². The average Bonchev–Trinajstić information content (AvgIpc) is 2.59. The summed E-state index contributed by atoms with van der Waals surface area (Å²) in [6, 6.07) is 8.46. The molecule has 1 N–H and O–H groups in total. The predicted molar refractivity (Wildman–Crippen MR) is 89.6 cm³/mol. The SMILES string of the molecule is COc1ccc2c(c1N(C)CCc1ccncc1)CNCC2. The molecule has 0 unspecified atom stereocenters. The molecule has 0 bridgehead atoms. The highest BCUT2D eigenvalue weighted by atomic mass is 16.5. The number of ether oxygens (including phenoxy) is 1. The van der Waals surface area contributed by atoms with Crippen molar-refractivity contribution in [1.82, 2.24) is 10.3 Å². The Hall–Kier alpha value is -2.07. The number of likely N-dealkylation sites (N-methyl/N-ethyl adjacent to an activating group) is 1. The molecule has 0 aliphatic carbocycles. The number of aromatic nitrogens is 1. The molecule has 0 atom stereocenters. The summed E-state index contributed by atoms with van der Waals surface area (Å²) in [5, 5.41) is 3.47. The van der Waals surface area contributed by atoms with Crippen molar-refractivity contribution in [3.8, 4) is 5.75 Å². The summed E-state index contributed by atoms with van der Waals surface area (Å²) in [6.07, 6.45) is 5.79. The van der Waals surface area contributed by atoms with E-state index in [1.807, 2.05) is 12.4 Å². The van der Waals surface area contributed by atoms with Gasteiger partial charge < -0.3 is 15.0 Å². The summed E-state index contributed by atoms with van der Waals surface area (Å²) in [5.41, 5.74) is 5.35. The molecule has 0 saturated carbocycles. The number of nitrogens with one attached hydrogen (secondary N) is 1. The molecule has 2 aromatic rings. The second kappa shape index (κ2) is 6.79. The van der Waals surface area contributed by atoms with Gasteiger partial charge in [-0.05, 0) is 54.3 Å². The van der Waals surface area contributed by atoms with Crippen LogP contribution in [-0.4, -0.2) is 32.2 Å². The third kappa shape index (κ3) is 3.07. The van der Waals surface area contributed by atoms with E-state index in [0.717, 1.165) is 38.2 Å². The third-order valence-electron chi connectivity index (χ3n) is 4.30. The van der Waals surface area contributed by atoms with Gasteiger partial charge in [0.15, 0.2) is 0 Å². The lowest BCUT2D eigenvalue weighted by molar-refractivity contribution is 0.413.